The summed E-state index contributed by atoms with van der Waals surface area (Å²) in [7, 11) is 0. The molecule has 0 unspecified atom stereocenters. The van der Waals surface area contributed by atoms with Crippen molar-refractivity contribution in [2.75, 3.05) is 13.2 Å². The lowest BCUT2D eigenvalue weighted by molar-refractivity contribution is -0.123. The number of hydrogen-bond acceptors (Lipinski definition) is 7. The molecule has 156 valence electrons. The average molecular weight is 419 g/mol. The first kappa shape index (κ1) is 21.2. The molecule has 3 rings (SSSR count). The van der Waals surface area contributed by atoms with Crippen LogP contribution in [-0.2, 0) is 20.0 Å². The first-order valence-corrected chi connectivity index (χ1v) is 10.9. The molecule has 0 aliphatic heterocycles. The molecule has 29 heavy (non-hydrogen) atoms. The molecule has 1 aliphatic carbocycles. The lowest BCUT2D eigenvalue weighted by Gasteiger charge is -2.20. The predicted molar refractivity (Wildman–Crippen MR) is 110 cm³/mol. The highest BCUT2D eigenvalue weighted by atomic mass is 32.2. The number of alkyl carbamates (subject to hydrolysis) is 1. The van der Waals surface area contributed by atoms with E-state index in [4.69, 9.17) is 9.15 Å². The van der Waals surface area contributed by atoms with Crippen LogP contribution in [0.4, 0.5) is 4.79 Å². The third-order valence-corrected chi connectivity index (χ3v) is 6.15. The maximum Gasteiger partial charge on any atom is 0.413 e. The number of nitrogens with one attached hydrogen (secondary N) is 1. The van der Waals surface area contributed by atoms with E-state index in [-0.39, 0.29) is 12.4 Å². The van der Waals surface area contributed by atoms with Crippen molar-refractivity contribution in [3.8, 4) is 0 Å². The zero-order valence-electron chi connectivity index (χ0n) is 16.4. The van der Waals surface area contributed by atoms with E-state index >= 15 is 0 Å². The summed E-state index contributed by atoms with van der Waals surface area (Å²) in [6.45, 7) is 1.17. The standard InChI is InChI=1S/C21H25NO6S/c1-2-26-21(25)22-18(23)12-27-20(24)19-16(13-29-14-8-4-3-5-9-14)15-10-6-7-11-17(15)28-19/h6-7,10-11,14H,2-5,8-9,12-13H2,1H3,(H,22,23,25). The Morgan fingerprint density at radius 1 is 1.14 bits per heavy atom. The van der Waals surface area contributed by atoms with Crippen molar-refractivity contribution in [3.05, 3.63) is 35.6 Å². The summed E-state index contributed by atoms with van der Waals surface area (Å²) in [6, 6.07) is 7.45. The fourth-order valence-electron chi connectivity index (χ4n) is 3.35. The van der Waals surface area contributed by atoms with Crippen molar-refractivity contribution in [1.82, 2.24) is 5.32 Å². The number of hydrogen-bond donors (Lipinski definition) is 1. The smallest absolute Gasteiger partial charge is 0.413 e. The molecule has 2 aromatic rings. The maximum absolute atomic E-state index is 12.6. The van der Waals surface area contributed by atoms with Crippen molar-refractivity contribution >= 4 is 40.7 Å². The van der Waals surface area contributed by atoms with Gasteiger partial charge in [0, 0.05) is 22.0 Å². The van der Waals surface area contributed by atoms with Crippen molar-refractivity contribution in [2.24, 2.45) is 0 Å². The summed E-state index contributed by atoms with van der Waals surface area (Å²) in [5.74, 6) is -0.731. The monoisotopic (exact) mass is 419 g/mol. The lowest BCUT2D eigenvalue weighted by atomic mass is 10.0. The number of amides is 2. The van der Waals surface area contributed by atoms with Crippen LogP contribution in [0, 0.1) is 0 Å². The van der Waals surface area contributed by atoms with Gasteiger partial charge < -0.3 is 13.9 Å². The van der Waals surface area contributed by atoms with E-state index in [1.807, 2.05) is 35.3 Å². The molecule has 0 radical (unpaired) electrons. The highest BCUT2D eigenvalue weighted by Gasteiger charge is 2.24. The third-order valence-electron chi connectivity index (χ3n) is 4.75. The topological polar surface area (TPSA) is 94.8 Å². The SMILES string of the molecule is CCOC(=O)NC(=O)COC(=O)c1oc2ccccc2c1CSC1CCCCC1. The number of imide groups is 1. The summed E-state index contributed by atoms with van der Waals surface area (Å²) in [6.07, 6.45) is 5.28. The van der Waals surface area contributed by atoms with Gasteiger partial charge in [-0.15, -0.1) is 0 Å². The van der Waals surface area contributed by atoms with Crippen LogP contribution in [0.15, 0.2) is 28.7 Å². The number of carbonyl (C=O) groups excluding carboxylic acids is 3. The molecule has 2 amide bonds. The van der Waals surface area contributed by atoms with Gasteiger partial charge in [0.15, 0.2) is 6.61 Å². The fourth-order valence-corrected chi connectivity index (χ4v) is 4.71. The van der Waals surface area contributed by atoms with Crippen LogP contribution in [0.2, 0.25) is 0 Å². The predicted octanol–water partition coefficient (Wildman–Crippen LogP) is 4.43. The third kappa shape index (κ3) is 5.76. The molecular weight excluding hydrogens is 394 g/mol. The van der Waals surface area contributed by atoms with Gasteiger partial charge in [-0.3, -0.25) is 10.1 Å². The average Bonchev–Trinajstić information content (AvgIpc) is 3.10. The van der Waals surface area contributed by atoms with Gasteiger partial charge in [0.2, 0.25) is 5.76 Å². The number of carbonyl (C=O) groups is 3. The molecule has 1 heterocycles. The van der Waals surface area contributed by atoms with Crippen LogP contribution in [0.5, 0.6) is 0 Å². The van der Waals surface area contributed by atoms with Crippen molar-refractivity contribution in [2.45, 2.75) is 50.0 Å². The van der Waals surface area contributed by atoms with Gasteiger partial charge in [0.05, 0.1) is 6.61 Å². The Morgan fingerprint density at radius 2 is 1.90 bits per heavy atom. The molecule has 7 nitrogen and oxygen atoms in total. The highest BCUT2D eigenvalue weighted by molar-refractivity contribution is 7.99. The van der Waals surface area contributed by atoms with E-state index in [1.54, 1.807) is 13.0 Å². The number of furan rings is 1. The van der Waals surface area contributed by atoms with Gasteiger partial charge in [-0.2, -0.15) is 11.8 Å². The summed E-state index contributed by atoms with van der Waals surface area (Å²) >= 11 is 1.83. The van der Waals surface area contributed by atoms with Crippen molar-refractivity contribution in [3.63, 3.8) is 0 Å². The second-order valence-corrected chi connectivity index (χ2v) is 8.11. The van der Waals surface area contributed by atoms with E-state index in [1.165, 1.54) is 32.1 Å². The Balaban J connectivity index is 1.67. The van der Waals surface area contributed by atoms with Crippen LogP contribution in [0.25, 0.3) is 11.0 Å². The second kappa shape index (κ2) is 10.3. The minimum atomic E-state index is -0.873. The molecule has 1 aromatic heterocycles. The van der Waals surface area contributed by atoms with Crippen molar-refractivity contribution in [1.29, 1.82) is 0 Å². The normalized spacial score (nSPS) is 14.5. The van der Waals surface area contributed by atoms with Gasteiger partial charge in [-0.1, -0.05) is 37.5 Å². The molecule has 0 spiro atoms. The van der Waals surface area contributed by atoms with E-state index in [9.17, 15) is 14.4 Å². The van der Waals surface area contributed by atoms with Gasteiger partial charge >= 0.3 is 12.1 Å². The maximum atomic E-state index is 12.6. The number of esters is 1. The van der Waals surface area contributed by atoms with E-state index < -0.39 is 24.6 Å². The highest BCUT2D eigenvalue weighted by Crippen LogP contribution is 2.35. The van der Waals surface area contributed by atoms with Crippen molar-refractivity contribution < 1.29 is 28.3 Å². The molecular formula is C21H25NO6S. The van der Waals surface area contributed by atoms with Crippen LogP contribution in [0.1, 0.15) is 55.1 Å². The molecule has 1 aliphatic rings. The molecule has 1 aromatic carbocycles. The summed E-state index contributed by atoms with van der Waals surface area (Å²) in [5, 5.41) is 3.44. The minimum absolute atomic E-state index is 0.110. The zero-order chi connectivity index (χ0) is 20.6. The Morgan fingerprint density at radius 3 is 2.66 bits per heavy atom. The number of benzene rings is 1. The van der Waals surface area contributed by atoms with E-state index in [2.05, 4.69) is 4.74 Å². The Hall–Kier alpha value is -2.48. The molecule has 1 saturated carbocycles. The van der Waals surface area contributed by atoms with Gasteiger partial charge in [-0.25, -0.2) is 9.59 Å². The molecule has 0 atom stereocenters. The number of para-hydroxylation sites is 1. The zero-order valence-corrected chi connectivity index (χ0v) is 17.2. The summed E-state index contributed by atoms with van der Waals surface area (Å²) < 4.78 is 15.4. The van der Waals surface area contributed by atoms with Gasteiger partial charge in [-0.05, 0) is 25.8 Å². The number of ether oxygens (including phenoxy) is 2. The summed E-state index contributed by atoms with van der Waals surface area (Å²) in [4.78, 5) is 35.6. The summed E-state index contributed by atoms with van der Waals surface area (Å²) in [5.41, 5.74) is 1.39. The Labute approximate surface area is 173 Å². The quantitative estimate of drug-likeness (QED) is 0.664. The molecule has 8 heteroatoms. The fraction of sp³-hybridized carbons (Fsp3) is 0.476. The largest absolute Gasteiger partial charge is 0.450 e. The molecule has 1 N–H and O–H groups in total. The molecule has 0 bridgehead atoms. The lowest BCUT2D eigenvalue weighted by Crippen LogP contribution is -2.34. The Kier molecular flexibility index (Phi) is 7.57. The van der Waals surface area contributed by atoms with Gasteiger partial charge in [0.1, 0.15) is 5.58 Å². The number of fused-ring (bicyclic) bond motifs is 1. The first-order chi connectivity index (χ1) is 14.1. The van der Waals surface area contributed by atoms with Crippen LogP contribution < -0.4 is 5.32 Å². The minimum Gasteiger partial charge on any atom is -0.450 e. The molecule has 1 fully saturated rings. The second-order valence-electron chi connectivity index (χ2n) is 6.82. The van der Waals surface area contributed by atoms with Crippen LogP contribution in [-0.4, -0.2) is 36.4 Å². The van der Waals surface area contributed by atoms with Crippen LogP contribution in [0.3, 0.4) is 0 Å². The number of thioether (sulfide) groups is 1. The Bertz CT molecular complexity index is 871. The first-order valence-electron chi connectivity index (χ1n) is 9.84. The van der Waals surface area contributed by atoms with E-state index in [0.29, 0.717) is 16.6 Å². The van der Waals surface area contributed by atoms with E-state index in [0.717, 1.165) is 10.9 Å². The van der Waals surface area contributed by atoms with Gasteiger partial charge in [0.25, 0.3) is 5.91 Å². The molecule has 0 saturated heterocycles. The number of rotatable bonds is 7. The van der Waals surface area contributed by atoms with Crippen LogP contribution >= 0.6 is 11.8 Å².